The Morgan fingerprint density at radius 1 is 0.900 bits per heavy atom. The number of halogens is 2. The van der Waals surface area contributed by atoms with Crippen LogP contribution in [0.4, 0.5) is 11.4 Å². The number of anilines is 2. The van der Waals surface area contributed by atoms with E-state index in [1.807, 2.05) is 30.3 Å². The van der Waals surface area contributed by atoms with Crippen molar-refractivity contribution in [3.63, 3.8) is 0 Å². The zero-order chi connectivity index (χ0) is 21.5. The highest BCUT2D eigenvalue weighted by Crippen LogP contribution is 2.36. The van der Waals surface area contributed by atoms with Crippen LogP contribution >= 0.6 is 23.2 Å². The summed E-state index contributed by atoms with van der Waals surface area (Å²) in [7, 11) is 0. The highest BCUT2D eigenvalue weighted by molar-refractivity contribution is 6.39. The van der Waals surface area contributed by atoms with Gasteiger partial charge in [-0.25, -0.2) is 4.79 Å². The van der Waals surface area contributed by atoms with Crippen LogP contribution in [0, 0.1) is 0 Å². The first-order chi connectivity index (χ1) is 14.5. The molecule has 0 fully saturated rings. The van der Waals surface area contributed by atoms with E-state index in [4.69, 9.17) is 32.7 Å². The van der Waals surface area contributed by atoms with Gasteiger partial charge in [-0.05, 0) is 23.8 Å². The first-order valence-corrected chi connectivity index (χ1v) is 9.89. The maximum atomic E-state index is 12.8. The normalized spacial score (nSPS) is 11.4. The van der Waals surface area contributed by atoms with Crippen LogP contribution in [0.15, 0.2) is 72.8 Å². The molecule has 30 heavy (non-hydrogen) atoms. The molecule has 0 amide bonds. The number of nitrogens with one attached hydrogen (secondary N) is 1. The quantitative estimate of drug-likeness (QED) is 0.447. The van der Waals surface area contributed by atoms with Crippen molar-refractivity contribution in [3.05, 3.63) is 94.0 Å². The summed E-state index contributed by atoms with van der Waals surface area (Å²) in [6.45, 7) is 1.29. The molecule has 5 nitrogen and oxygen atoms in total. The second-order valence-corrected chi connectivity index (χ2v) is 7.21. The second-order valence-electron chi connectivity index (χ2n) is 6.39. The van der Waals surface area contributed by atoms with Crippen LogP contribution in [-0.4, -0.2) is 11.9 Å². The third-order valence-electron chi connectivity index (χ3n) is 4.19. The molecule has 3 aromatic rings. The molecule has 1 atom stereocenters. The molecule has 154 valence electrons. The summed E-state index contributed by atoms with van der Waals surface area (Å²) in [6.07, 6.45) is -1.25. The van der Waals surface area contributed by atoms with Gasteiger partial charge in [0.05, 0.1) is 15.7 Å². The minimum atomic E-state index is -1.25. The Balaban J connectivity index is 1.89. The summed E-state index contributed by atoms with van der Waals surface area (Å²) in [5, 5.41) is 3.95. The van der Waals surface area contributed by atoms with Crippen molar-refractivity contribution in [2.45, 2.75) is 19.6 Å². The number of carbonyl (C=O) groups is 2. The Labute approximate surface area is 184 Å². The fraction of sp³-hybridized carbons (Fsp3) is 0.130. The van der Waals surface area contributed by atoms with Gasteiger partial charge >= 0.3 is 11.9 Å². The molecule has 0 heterocycles. The Bertz CT molecular complexity index is 1020. The molecular formula is C23H19Cl2NO4. The first-order valence-electron chi connectivity index (χ1n) is 9.13. The van der Waals surface area contributed by atoms with E-state index in [-0.39, 0.29) is 6.61 Å². The number of rotatable bonds is 7. The SMILES string of the molecule is CC(=O)OC(C(=O)OCc1ccccc1)c1ccccc1Nc1c(Cl)cccc1Cl. The molecule has 0 aliphatic rings. The molecule has 1 unspecified atom stereocenters. The average molecular weight is 444 g/mol. The summed E-state index contributed by atoms with van der Waals surface area (Å²) >= 11 is 12.5. The van der Waals surface area contributed by atoms with Crippen molar-refractivity contribution < 1.29 is 19.1 Å². The van der Waals surface area contributed by atoms with Crippen molar-refractivity contribution >= 4 is 46.5 Å². The average Bonchev–Trinajstić information content (AvgIpc) is 2.74. The summed E-state index contributed by atoms with van der Waals surface area (Å²) in [6, 6.07) is 21.3. The van der Waals surface area contributed by atoms with E-state index < -0.39 is 18.0 Å². The van der Waals surface area contributed by atoms with E-state index in [0.717, 1.165) is 5.56 Å². The largest absolute Gasteiger partial charge is 0.458 e. The van der Waals surface area contributed by atoms with Gasteiger partial charge in [0.15, 0.2) is 0 Å². The van der Waals surface area contributed by atoms with E-state index in [2.05, 4.69) is 5.32 Å². The molecule has 0 spiro atoms. The van der Waals surface area contributed by atoms with Crippen LogP contribution in [0.3, 0.4) is 0 Å². The lowest BCUT2D eigenvalue weighted by atomic mass is 10.1. The fourth-order valence-corrected chi connectivity index (χ4v) is 3.29. The van der Waals surface area contributed by atoms with Crippen molar-refractivity contribution in [3.8, 4) is 0 Å². The number of para-hydroxylation sites is 2. The monoisotopic (exact) mass is 443 g/mol. The lowest BCUT2D eigenvalue weighted by Gasteiger charge is -2.20. The molecule has 0 aromatic heterocycles. The van der Waals surface area contributed by atoms with Gasteiger partial charge in [-0.15, -0.1) is 0 Å². The summed E-state index contributed by atoms with van der Waals surface area (Å²) in [5.74, 6) is -1.30. The number of hydrogen-bond donors (Lipinski definition) is 1. The smallest absolute Gasteiger partial charge is 0.352 e. The Morgan fingerprint density at radius 2 is 1.53 bits per heavy atom. The predicted octanol–water partition coefficient (Wildman–Crippen LogP) is 6.08. The van der Waals surface area contributed by atoms with Crippen molar-refractivity contribution in [1.82, 2.24) is 0 Å². The second kappa shape index (κ2) is 10.1. The Kier molecular flexibility index (Phi) is 7.33. The van der Waals surface area contributed by atoms with Crippen LogP contribution < -0.4 is 5.32 Å². The number of hydrogen-bond acceptors (Lipinski definition) is 5. The van der Waals surface area contributed by atoms with Gasteiger partial charge in [0.2, 0.25) is 6.10 Å². The van der Waals surface area contributed by atoms with Crippen molar-refractivity contribution in [2.75, 3.05) is 5.32 Å². The van der Waals surface area contributed by atoms with E-state index >= 15 is 0 Å². The lowest BCUT2D eigenvalue weighted by Crippen LogP contribution is -2.22. The molecule has 0 saturated heterocycles. The van der Waals surface area contributed by atoms with Gasteiger partial charge in [-0.1, -0.05) is 77.8 Å². The highest BCUT2D eigenvalue weighted by Gasteiger charge is 2.28. The van der Waals surface area contributed by atoms with Crippen LogP contribution in [0.25, 0.3) is 0 Å². The molecule has 0 radical (unpaired) electrons. The number of benzene rings is 3. The molecule has 0 saturated carbocycles. The third kappa shape index (κ3) is 5.53. The van der Waals surface area contributed by atoms with Crippen LogP contribution in [0.5, 0.6) is 0 Å². The Hall–Kier alpha value is -3.02. The van der Waals surface area contributed by atoms with E-state index in [1.165, 1.54) is 6.92 Å². The number of carbonyl (C=O) groups excluding carboxylic acids is 2. The molecule has 0 aliphatic carbocycles. The topological polar surface area (TPSA) is 64.6 Å². The van der Waals surface area contributed by atoms with E-state index in [9.17, 15) is 9.59 Å². The molecule has 0 bridgehead atoms. The highest BCUT2D eigenvalue weighted by atomic mass is 35.5. The number of esters is 2. The van der Waals surface area contributed by atoms with Gasteiger partial charge in [0.25, 0.3) is 0 Å². The maximum Gasteiger partial charge on any atom is 0.352 e. The third-order valence-corrected chi connectivity index (χ3v) is 4.82. The van der Waals surface area contributed by atoms with Gasteiger partial charge in [0.1, 0.15) is 6.61 Å². The van der Waals surface area contributed by atoms with E-state index in [1.54, 1.807) is 42.5 Å². The first kappa shape index (κ1) is 21.7. The lowest BCUT2D eigenvalue weighted by molar-refractivity contribution is -0.168. The zero-order valence-corrected chi connectivity index (χ0v) is 17.6. The van der Waals surface area contributed by atoms with Crippen molar-refractivity contribution in [2.24, 2.45) is 0 Å². The van der Waals surface area contributed by atoms with Gasteiger partial charge in [0, 0.05) is 18.2 Å². The van der Waals surface area contributed by atoms with Gasteiger partial charge in [-0.3, -0.25) is 4.79 Å². The van der Waals surface area contributed by atoms with Gasteiger partial charge < -0.3 is 14.8 Å². The van der Waals surface area contributed by atoms with Crippen LogP contribution in [-0.2, 0) is 25.7 Å². The molecular weight excluding hydrogens is 425 g/mol. The molecule has 7 heteroatoms. The van der Waals surface area contributed by atoms with Crippen LogP contribution in [0.2, 0.25) is 10.0 Å². The Morgan fingerprint density at radius 3 is 2.20 bits per heavy atom. The molecule has 0 aliphatic heterocycles. The van der Waals surface area contributed by atoms with E-state index in [0.29, 0.717) is 27.0 Å². The standard InChI is InChI=1S/C23H19Cl2NO4/c1-15(27)30-22(23(28)29-14-16-8-3-2-4-9-16)17-10-5-6-13-20(17)26-21-18(24)11-7-12-19(21)25/h2-13,22,26H,14H2,1H3. The summed E-state index contributed by atoms with van der Waals surface area (Å²) in [4.78, 5) is 24.5. The molecule has 3 aromatic carbocycles. The fourth-order valence-electron chi connectivity index (χ4n) is 2.80. The van der Waals surface area contributed by atoms with Crippen molar-refractivity contribution in [1.29, 1.82) is 0 Å². The zero-order valence-electron chi connectivity index (χ0n) is 16.1. The molecule has 1 N–H and O–H groups in total. The summed E-state index contributed by atoms with van der Waals surface area (Å²) in [5.41, 5.74) is 2.23. The predicted molar refractivity (Wildman–Crippen MR) is 117 cm³/mol. The van der Waals surface area contributed by atoms with Crippen LogP contribution in [0.1, 0.15) is 24.2 Å². The summed E-state index contributed by atoms with van der Waals surface area (Å²) < 4.78 is 10.7. The maximum absolute atomic E-state index is 12.8. The minimum Gasteiger partial charge on any atom is -0.458 e. The molecule has 3 rings (SSSR count). The number of ether oxygens (including phenoxy) is 2. The van der Waals surface area contributed by atoms with Gasteiger partial charge in [-0.2, -0.15) is 0 Å². The minimum absolute atomic E-state index is 0.0589.